The Hall–Kier alpha value is -2.28. The Kier molecular flexibility index (Phi) is 4.84. The van der Waals surface area contributed by atoms with E-state index in [0.717, 1.165) is 17.0 Å². The highest BCUT2D eigenvalue weighted by atomic mass is 79.9. The van der Waals surface area contributed by atoms with Crippen molar-refractivity contribution in [3.8, 4) is 0 Å². The number of alkyl halides is 2. The Bertz CT molecular complexity index is 908. The second-order valence-corrected chi connectivity index (χ2v) is 7.88. The van der Waals surface area contributed by atoms with Gasteiger partial charge in [0, 0.05) is 24.0 Å². The Balaban J connectivity index is 2.16. The van der Waals surface area contributed by atoms with Crippen LogP contribution in [-0.4, -0.2) is 23.8 Å². The van der Waals surface area contributed by atoms with Gasteiger partial charge in [-0.15, -0.1) is 0 Å². The number of benzene rings is 2. The summed E-state index contributed by atoms with van der Waals surface area (Å²) < 4.78 is 28.0. The Morgan fingerprint density at radius 1 is 1.22 bits per heavy atom. The van der Waals surface area contributed by atoms with Crippen molar-refractivity contribution in [2.45, 2.75) is 31.2 Å². The maximum absolute atomic E-state index is 13.6. The number of carbonyl (C=O) groups excluding carboxylic acids is 1. The Morgan fingerprint density at radius 2 is 1.85 bits per heavy atom. The minimum Gasteiger partial charge on any atom is -0.369 e. The average Bonchev–Trinajstić information content (AvgIpc) is 2.59. The highest BCUT2D eigenvalue weighted by Gasteiger charge is 2.47. The van der Waals surface area contributed by atoms with Gasteiger partial charge in [-0.05, 0) is 30.2 Å². The SMILES string of the molecule is CN1C(=O)[C@H](c2ccc(C(C)(F)F)cc2)[C@@](C)(c2cccc(Br)c2)N=C1N. The van der Waals surface area contributed by atoms with Gasteiger partial charge in [-0.1, -0.05) is 52.3 Å². The lowest BCUT2D eigenvalue weighted by Gasteiger charge is -2.41. The van der Waals surface area contributed by atoms with E-state index in [1.165, 1.54) is 17.0 Å². The van der Waals surface area contributed by atoms with Crippen molar-refractivity contribution in [1.82, 2.24) is 4.90 Å². The highest BCUT2D eigenvalue weighted by molar-refractivity contribution is 9.10. The fourth-order valence-corrected chi connectivity index (χ4v) is 3.79. The minimum atomic E-state index is -2.94. The van der Waals surface area contributed by atoms with Crippen molar-refractivity contribution < 1.29 is 13.6 Å². The number of likely N-dealkylation sites (N-methyl/N-ethyl adjacent to an activating group) is 1. The maximum Gasteiger partial charge on any atom is 0.270 e. The first kappa shape index (κ1) is 19.5. The molecular formula is C20H20BrF2N3O. The average molecular weight is 436 g/mol. The van der Waals surface area contributed by atoms with Crippen LogP contribution in [0.3, 0.4) is 0 Å². The lowest BCUT2D eigenvalue weighted by atomic mass is 9.74. The number of rotatable bonds is 3. The van der Waals surface area contributed by atoms with Gasteiger partial charge in [0.1, 0.15) is 5.54 Å². The van der Waals surface area contributed by atoms with E-state index in [-0.39, 0.29) is 17.4 Å². The number of aliphatic imine (C=N–C) groups is 1. The van der Waals surface area contributed by atoms with Crippen LogP contribution in [0, 0.1) is 0 Å². The van der Waals surface area contributed by atoms with Crippen LogP contribution in [0.1, 0.15) is 36.5 Å². The van der Waals surface area contributed by atoms with E-state index >= 15 is 0 Å². The third kappa shape index (κ3) is 3.48. The molecule has 0 unspecified atom stereocenters. The molecule has 1 heterocycles. The molecule has 3 rings (SSSR count). The molecule has 1 aliphatic heterocycles. The summed E-state index contributed by atoms with van der Waals surface area (Å²) in [6.07, 6.45) is 0. The molecule has 0 spiro atoms. The molecule has 1 amide bonds. The van der Waals surface area contributed by atoms with E-state index < -0.39 is 17.4 Å². The Labute approximate surface area is 165 Å². The molecule has 0 radical (unpaired) electrons. The molecule has 0 saturated heterocycles. The second-order valence-electron chi connectivity index (χ2n) is 6.97. The van der Waals surface area contributed by atoms with E-state index in [0.29, 0.717) is 5.56 Å². The first-order chi connectivity index (χ1) is 12.5. The maximum atomic E-state index is 13.6. The third-order valence-corrected chi connectivity index (χ3v) is 5.48. The largest absolute Gasteiger partial charge is 0.369 e. The standard InChI is InChI=1S/C20H20BrF2N3O/c1-19(14-5-4-6-15(21)11-14)16(17(27)26(3)18(24)25-19)12-7-9-13(10-8-12)20(2,22)23/h4-11,16H,1-3H3,(H2,24,25)/t16-,19+/m0/s1. The van der Waals surface area contributed by atoms with Crippen molar-refractivity contribution in [2.24, 2.45) is 10.7 Å². The Morgan fingerprint density at radius 3 is 2.41 bits per heavy atom. The molecule has 2 atom stereocenters. The molecule has 0 bridgehead atoms. The first-order valence-electron chi connectivity index (χ1n) is 8.41. The molecule has 27 heavy (non-hydrogen) atoms. The van der Waals surface area contributed by atoms with E-state index in [1.807, 2.05) is 31.2 Å². The van der Waals surface area contributed by atoms with E-state index in [2.05, 4.69) is 20.9 Å². The van der Waals surface area contributed by atoms with Crippen molar-refractivity contribution in [1.29, 1.82) is 0 Å². The summed E-state index contributed by atoms with van der Waals surface area (Å²) >= 11 is 3.44. The van der Waals surface area contributed by atoms with Gasteiger partial charge in [-0.2, -0.15) is 0 Å². The topological polar surface area (TPSA) is 58.7 Å². The predicted molar refractivity (Wildman–Crippen MR) is 105 cm³/mol. The summed E-state index contributed by atoms with van der Waals surface area (Å²) in [6.45, 7) is 2.68. The summed E-state index contributed by atoms with van der Waals surface area (Å²) in [5.41, 5.74) is 6.33. The van der Waals surface area contributed by atoms with Crippen LogP contribution < -0.4 is 5.73 Å². The van der Waals surface area contributed by atoms with Gasteiger partial charge in [0.05, 0.1) is 5.92 Å². The second kappa shape index (κ2) is 6.71. The van der Waals surface area contributed by atoms with Crippen LogP contribution in [0.5, 0.6) is 0 Å². The van der Waals surface area contributed by atoms with Crippen LogP contribution in [0.25, 0.3) is 0 Å². The molecular weight excluding hydrogens is 416 g/mol. The van der Waals surface area contributed by atoms with Gasteiger partial charge in [-0.3, -0.25) is 9.69 Å². The first-order valence-corrected chi connectivity index (χ1v) is 9.20. The number of carbonyl (C=O) groups is 1. The molecule has 2 aromatic rings. The molecule has 0 fully saturated rings. The van der Waals surface area contributed by atoms with E-state index in [1.54, 1.807) is 19.2 Å². The fourth-order valence-electron chi connectivity index (χ4n) is 3.39. The van der Waals surface area contributed by atoms with Crippen LogP contribution in [-0.2, 0) is 16.3 Å². The molecule has 2 N–H and O–H groups in total. The quantitative estimate of drug-likeness (QED) is 0.778. The summed E-state index contributed by atoms with van der Waals surface area (Å²) in [7, 11) is 1.56. The molecule has 0 aliphatic carbocycles. The lowest BCUT2D eigenvalue weighted by Crippen LogP contribution is -2.52. The summed E-state index contributed by atoms with van der Waals surface area (Å²) in [4.78, 5) is 19.0. The van der Waals surface area contributed by atoms with Crippen molar-refractivity contribution in [3.05, 3.63) is 69.7 Å². The summed E-state index contributed by atoms with van der Waals surface area (Å²) in [5, 5.41) is 0. The molecule has 7 heteroatoms. The van der Waals surface area contributed by atoms with Crippen LogP contribution in [0.15, 0.2) is 58.0 Å². The van der Waals surface area contributed by atoms with Crippen molar-refractivity contribution >= 4 is 27.8 Å². The minimum absolute atomic E-state index is 0.102. The van der Waals surface area contributed by atoms with Gasteiger partial charge < -0.3 is 5.73 Å². The van der Waals surface area contributed by atoms with Crippen LogP contribution in [0.2, 0.25) is 0 Å². The molecule has 2 aromatic carbocycles. The number of hydrogen-bond donors (Lipinski definition) is 1. The normalized spacial score (nSPS) is 23.3. The molecule has 1 aliphatic rings. The number of hydrogen-bond acceptors (Lipinski definition) is 3. The van der Waals surface area contributed by atoms with Crippen molar-refractivity contribution in [2.75, 3.05) is 7.05 Å². The van der Waals surface area contributed by atoms with Gasteiger partial charge >= 0.3 is 0 Å². The van der Waals surface area contributed by atoms with Crippen molar-refractivity contribution in [3.63, 3.8) is 0 Å². The van der Waals surface area contributed by atoms with E-state index in [4.69, 9.17) is 5.73 Å². The molecule has 142 valence electrons. The number of halogens is 3. The zero-order chi connectivity index (χ0) is 20.0. The van der Waals surface area contributed by atoms with Gasteiger partial charge in [0.25, 0.3) is 5.92 Å². The number of nitrogens with zero attached hydrogens (tertiary/aromatic N) is 2. The number of guanidine groups is 1. The predicted octanol–water partition coefficient (Wildman–Crippen LogP) is 4.35. The highest BCUT2D eigenvalue weighted by Crippen LogP contribution is 2.44. The molecule has 4 nitrogen and oxygen atoms in total. The fraction of sp³-hybridized carbons (Fsp3) is 0.300. The van der Waals surface area contributed by atoms with E-state index in [9.17, 15) is 13.6 Å². The third-order valence-electron chi connectivity index (χ3n) is 4.99. The molecule has 0 saturated carbocycles. The van der Waals surface area contributed by atoms with Gasteiger partial charge in [0.15, 0.2) is 5.96 Å². The van der Waals surface area contributed by atoms with Gasteiger partial charge in [0.2, 0.25) is 5.91 Å². The summed E-state index contributed by atoms with van der Waals surface area (Å²) in [6, 6.07) is 13.3. The zero-order valence-electron chi connectivity index (χ0n) is 15.2. The number of nitrogens with two attached hydrogens (primary N) is 1. The monoisotopic (exact) mass is 435 g/mol. The smallest absolute Gasteiger partial charge is 0.270 e. The van der Waals surface area contributed by atoms with Crippen LogP contribution in [0.4, 0.5) is 8.78 Å². The number of amides is 1. The molecule has 0 aromatic heterocycles. The zero-order valence-corrected chi connectivity index (χ0v) is 16.8. The van der Waals surface area contributed by atoms with Crippen LogP contribution >= 0.6 is 15.9 Å². The van der Waals surface area contributed by atoms with Gasteiger partial charge in [-0.25, -0.2) is 13.8 Å². The summed E-state index contributed by atoms with van der Waals surface area (Å²) in [5.74, 6) is -3.75. The lowest BCUT2D eigenvalue weighted by molar-refractivity contribution is -0.130.